The fourth-order valence-corrected chi connectivity index (χ4v) is 1.71. The molecule has 0 atom stereocenters. The van der Waals surface area contributed by atoms with Gasteiger partial charge in [0.05, 0.1) is 11.9 Å². The Morgan fingerprint density at radius 3 is 2.83 bits per heavy atom. The van der Waals surface area contributed by atoms with Gasteiger partial charge in [-0.3, -0.25) is 9.67 Å². The first kappa shape index (κ1) is 12.5. The van der Waals surface area contributed by atoms with E-state index in [0.29, 0.717) is 22.9 Å². The molecule has 0 aliphatic heterocycles. The van der Waals surface area contributed by atoms with Crippen LogP contribution in [0.4, 0.5) is 10.1 Å². The van der Waals surface area contributed by atoms with Crippen LogP contribution >= 0.6 is 0 Å². The monoisotopic (exact) mass is 248 g/mol. The zero-order valence-electron chi connectivity index (χ0n) is 10.6. The van der Waals surface area contributed by atoms with Crippen LogP contribution in [0.1, 0.15) is 20.3 Å². The summed E-state index contributed by atoms with van der Waals surface area (Å²) in [7, 11) is 0. The van der Waals surface area contributed by atoms with Crippen molar-refractivity contribution in [2.24, 2.45) is 5.92 Å². The van der Waals surface area contributed by atoms with E-state index in [1.165, 1.54) is 6.07 Å². The fourth-order valence-electron chi connectivity index (χ4n) is 1.71. The molecule has 0 aliphatic rings. The van der Waals surface area contributed by atoms with Gasteiger partial charge in [-0.15, -0.1) is 0 Å². The SMILES string of the molecule is CC(C)CCn1cc(N)c(-c2cncc(F)c2)n1. The van der Waals surface area contributed by atoms with E-state index < -0.39 is 0 Å². The number of nitrogens with zero attached hydrogens (tertiary/aromatic N) is 3. The van der Waals surface area contributed by atoms with Gasteiger partial charge in [-0.2, -0.15) is 5.10 Å². The maximum Gasteiger partial charge on any atom is 0.142 e. The molecule has 0 radical (unpaired) electrons. The molecule has 2 rings (SSSR count). The van der Waals surface area contributed by atoms with E-state index in [1.54, 1.807) is 17.1 Å². The number of hydrogen-bond acceptors (Lipinski definition) is 3. The number of pyridine rings is 1. The van der Waals surface area contributed by atoms with Gasteiger partial charge in [-0.25, -0.2) is 4.39 Å². The minimum absolute atomic E-state index is 0.386. The van der Waals surface area contributed by atoms with E-state index in [2.05, 4.69) is 23.9 Å². The number of halogens is 1. The summed E-state index contributed by atoms with van der Waals surface area (Å²) in [6.45, 7) is 5.12. The summed E-state index contributed by atoms with van der Waals surface area (Å²) >= 11 is 0. The molecule has 2 aromatic heterocycles. The average Bonchev–Trinajstić information content (AvgIpc) is 2.68. The van der Waals surface area contributed by atoms with E-state index in [9.17, 15) is 4.39 Å². The largest absolute Gasteiger partial charge is 0.396 e. The zero-order valence-corrected chi connectivity index (χ0v) is 10.6. The lowest BCUT2D eigenvalue weighted by molar-refractivity contribution is 0.488. The second kappa shape index (κ2) is 5.16. The van der Waals surface area contributed by atoms with Gasteiger partial charge in [0, 0.05) is 24.5 Å². The molecule has 0 saturated carbocycles. The highest BCUT2D eigenvalue weighted by molar-refractivity contribution is 5.71. The Bertz CT molecular complexity index is 534. The van der Waals surface area contributed by atoms with Gasteiger partial charge >= 0.3 is 0 Å². The van der Waals surface area contributed by atoms with Crippen molar-refractivity contribution in [1.82, 2.24) is 14.8 Å². The third kappa shape index (κ3) is 2.85. The molecule has 0 aromatic carbocycles. The van der Waals surface area contributed by atoms with Crippen LogP contribution in [0.5, 0.6) is 0 Å². The van der Waals surface area contributed by atoms with Gasteiger partial charge in [-0.05, 0) is 18.4 Å². The van der Waals surface area contributed by atoms with Crippen LogP contribution in [0.15, 0.2) is 24.7 Å². The van der Waals surface area contributed by atoms with E-state index >= 15 is 0 Å². The number of nitrogens with two attached hydrogens (primary N) is 1. The Hall–Kier alpha value is -1.91. The third-order valence-corrected chi connectivity index (χ3v) is 2.70. The van der Waals surface area contributed by atoms with Crippen molar-refractivity contribution in [3.05, 3.63) is 30.5 Å². The van der Waals surface area contributed by atoms with Crippen molar-refractivity contribution < 1.29 is 4.39 Å². The number of rotatable bonds is 4. The van der Waals surface area contributed by atoms with E-state index in [-0.39, 0.29) is 5.82 Å². The number of aromatic nitrogens is 3. The van der Waals surface area contributed by atoms with Gasteiger partial charge in [0.2, 0.25) is 0 Å². The molecule has 0 amide bonds. The van der Waals surface area contributed by atoms with Crippen LogP contribution in [-0.2, 0) is 6.54 Å². The van der Waals surface area contributed by atoms with Crippen molar-refractivity contribution in [3.63, 3.8) is 0 Å². The van der Waals surface area contributed by atoms with Crippen LogP contribution in [0, 0.1) is 11.7 Å². The molecular formula is C13H17FN4. The summed E-state index contributed by atoms with van der Waals surface area (Å²) in [5.74, 6) is 0.221. The Kier molecular flexibility index (Phi) is 3.60. The van der Waals surface area contributed by atoms with Crippen molar-refractivity contribution in [3.8, 4) is 11.3 Å². The maximum atomic E-state index is 13.1. The fraction of sp³-hybridized carbons (Fsp3) is 0.385. The number of nitrogen functional groups attached to an aromatic ring is 1. The minimum Gasteiger partial charge on any atom is -0.396 e. The smallest absolute Gasteiger partial charge is 0.142 e. The zero-order chi connectivity index (χ0) is 13.1. The summed E-state index contributed by atoms with van der Waals surface area (Å²) in [5.41, 5.74) is 7.64. The summed E-state index contributed by atoms with van der Waals surface area (Å²) in [5, 5.41) is 4.38. The predicted molar refractivity (Wildman–Crippen MR) is 69.3 cm³/mol. The highest BCUT2D eigenvalue weighted by Crippen LogP contribution is 2.23. The standard InChI is InChI=1S/C13H17FN4/c1-9(2)3-4-18-8-12(15)13(17-18)10-5-11(14)7-16-6-10/h5-9H,3-4,15H2,1-2H3. The minimum atomic E-state index is -0.386. The first-order chi connectivity index (χ1) is 8.56. The second-order valence-electron chi connectivity index (χ2n) is 4.77. The molecule has 4 nitrogen and oxygen atoms in total. The molecule has 0 saturated heterocycles. The highest BCUT2D eigenvalue weighted by atomic mass is 19.1. The molecule has 0 unspecified atom stereocenters. The van der Waals surface area contributed by atoms with E-state index in [4.69, 9.17) is 5.73 Å². The molecule has 0 bridgehead atoms. The quantitative estimate of drug-likeness (QED) is 0.905. The molecule has 5 heteroatoms. The van der Waals surface area contributed by atoms with Crippen molar-refractivity contribution in [1.29, 1.82) is 0 Å². The summed E-state index contributed by atoms with van der Waals surface area (Å²) in [6, 6.07) is 1.39. The summed E-state index contributed by atoms with van der Waals surface area (Å²) in [4.78, 5) is 3.81. The first-order valence-corrected chi connectivity index (χ1v) is 6.00. The van der Waals surface area contributed by atoms with Gasteiger partial charge < -0.3 is 5.73 Å². The van der Waals surface area contributed by atoms with Crippen LogP contribution in [-0.4, -0.2) is 14.8 Å². The Balaban J connectivity index is 2.24. The van der Waals surface area contributed by atoms with Crippen LogP contribution in [0.3, 0.4) is 0 Å². The second-order valence-corrected chi connectivity index (χ2v) is 4.77. The number of hydrogen-bond donors (Lipinski definition) is 1. The van der Waals surface area contributed by atoms with Gasteiger partial charge in [0.25, 0.3) is 0 Å². The van der Waals surface area contributed by atoms with Crippen molar-refractivity contribution in [2.45, 2.75) is 26.8 Å². The van der Waals surface area contributed by atoms with Gasteiger partial charge in [-0.1, -0.05) is 13.8 Å². The lowest BCUT2D eigenvalue weighted by Gasteiger charge is -2.03. The normalized spacial score (nSPS) is 11.1. The van der Waals surface area contributed by atoms with Crippen LogP contribution in [0.2, 0.25) is 0 Å². The molecule has 0 spiro atoms. The molecule has 96 valence electrons. The van der Waals surface area contributed by atoms with Crippen molar-refractivity contribution >= 4 is 5.69 Å². The topological polar surface area (TPSA) is 56.7 Å². The van der Waals surface area contributed by atoms with Crippen LogP contribution < -0.4 is 5.73 Å². The maximum absolute atomic E-state index is 13.1. The predicted octanol–water partition coefficient (Wildman–Crippen LogP) is 2.71. The van der Waals surface area contributed by atoms with Gasteiger partial charge in [0.15, 0.2) is 0 Å². The average molecular weight is 248 g/mol. The molecule has 2 aromatic rings. The highest BCUT2D eigenvalue weighted by Gasteiger charge is 2.10. The molecule has 18 heavy (non-hydrogen) atoms. The molecular weight excluding hydrogens is 231 g/mol. The Morgan fingerprint density at radius 2 is 2.17 bits per heavy atom. The molecule has 2 heterocycles. The summed E-state index contributed by atoms with van der Waals surface area (Å²) < 4.78 is 14.9. The van der Waals surface area contributed by atoms with Crippen LogP contribution in [0.25, 0.3) is 11.3 Å². The van der Waals surface area contributed by atoms with Gasteiger partial charge in [0.1, 0.15) is 11.5 Å². The number of aryl methyl sites for hydroxylation is 1. The molecule has 0 fully saturated rings. The molecule has 0 aliphatic carbocycles. The number of anilines is 1. The van der Waals surface area contributed by atoms with Crippen molar-refractivity contribution in [2.75, 3.05) is 5.73 Å². The van der Waals surface area contributed by atoms with E-state index in [0.717, 1.165) is 19.2 Å². The lowest BCUT2D eigenvalue weighted by Crippen LogP contribution is -2.02. The lowest BCUT2D eigenvalue weighted by atomic mass is 10.1. The first-order valence-electron chi connectivity index (χ1n) is 6.00. The Labute approximate surface area is 106 Å². The summed E-state index contributed by atoms with van der Waals surface area (Å²) in [6.07, 6.45) is 5.54. The molecule has 2 N–H and O–H groups in total. The third-order valence-electron chi connectivity index (χ3n) is 2.70. The van der Waals surface area contributed by atoms with E-state index in [1.807, 2.05) is 0 Å². The Morgan fingerprint density at radius 1 is 1.39 bits per heavy atom.